The van der Waals surface area contributed by atoms with E-state index in [1.54, 1.807) is 6.92 Å². The number of nitriles is 1. The lowest BCUT2D eigenvalue weighted by molar-refractivity contribution is -0.138. The van der Waals surface area contributed by atoms with Gasteiger partial charge in [-0.15, -0.1) is 0 Å². The molecule has 1 fully saturated rings. The van der Waals surface area contributed by atoms with Gasteiger partial charge in [-0.3, -0.25) is 0 Å². The van der Waals surface area contributed by atoms with Gasteiger partial charge in [-0.2, -0.15) is 5.26 Å². The summed E-state index contributed by atoms with van der Waals surface area (Å²) in [6, 6.07) is 12.4. The van der Waals surface area contributed by atoms with Crippen molar-refractivity contribution in [2.75, 3.05) is 6.61 Å². The second-order valence-electron chi connectivity index (χ2n) is 5.17. The fourth-order valence-electron chi connectivity index (χ4n) is 2.67. The molecule has 0 unspecified atom stereocenters. The zero-order valence-corrected chi connectivity index (χ0v) is 11.9. The summed E-state index contributed by atoms with van der Waals surface area (Å²) in [5.41, 5.74) is 2.40. The topological polar surface area (TPSA) is 50.1 Å². The first-order valence-corrected chi connectivity index (χ1v) is 7.00. The van der Waals surface area contributed by atoms with E-state index in [0.717, 1.165) is 18.4 Å². The quantitative estimate of drug-likeness (QED) is 0.477. The van der Waals surface area contributed by atoms with Crippen molar-refractivity contribution in [3.05, 3.63) is 47.0 Å². The van der Waals surface area contributed by atoms with Crippen LogP contribution in [-0.4, -0.2) is 12.6 Å². The van der Waals surface area contributed by atoms with Crippen molar-refractivity contribution in [3.8, 4) is 6.07 Å². The Hall–Kier alpha value is -2.08. The number of hydrogen-bond acceptors (Lipinski definition) is 3. The molecule has 0 spiro atoms. The van der Waals surface area contributed by atoms with Gasteiger partial charge in [-0.25, -0.2) is 4.79 Å². The van der Waals surface area contributed by atoms with Gasteiger partial charge in [0.1, 0.15) is 11.6 Å². The van der Waals surface area contributed by atoms with Crippen molar-refractivity contribution >= 4 is 5.97 Å². The van der Waals surface area contributed by atoms with Crippen molar-refractivity contribution < 1.29 is 9.53 Å². The Morgan fingerprint density at radius 1 is 1.35 bits per heavy atom. The highest BCUT2D eigenvalue weighted by atomic mass is 16.5. The Kier molecular flexibility index (Phi) is 4.57. The summed E-state index contributed by atoms with van der Waals surface area (Å²) < 4.78 is 4.93. The average Bonchev–Trinajstić information content (AvgIpc) is 2.39. The molecule has 0 radical (unpaired) electrons. The van der Waals surface area contributed by atoms with Crippen LogP contribution in [0.4, 0.5) is 0 Å². The third-order valence-corrected chi connectivity index (χ3v) is 4.01. The van der Waals surface area contributed by atoms with Crippen LogP contribution in [-0.2, 0) is 9.53 Å². The summed E-state index contributed by atoms with van der Waals surface area (Å²) in [4.78, 5) is 11.7. The molecule has 1 saturated carbocycles. The average molecular weight is 269 g/mol. The van der Waals surface area contributed by atoms with Gasteiger partial charge < -0.3 is 4.74 Å². The van der Waals surface area contributed by atoms with E-state index in [1.807, 2.05) is 31.2 Å². The van der Waals surface area contributed by atoms with Gasteiger partial charge >= 0.3 is 5.97 Å². The number of ether oxygens (including phenoxy) is 1. The SMILES string of the molecule is CCOC(=O)/C(C#N)=C(/C)C1CC(c2ccccc2)C1. The van der Waals surface area contributed by atoms with Crippen LogP contribution in [0.5, 0.6) is 0 Å². The molecule has 0 saturated heterocycles. The highest BCUT2D eigenvalue weighted by molar-refractivity contribution is 5.93. The Labute approximate surface area is 119 Å². The van der Waals surface area contributed by atoms with E-state index in [2.05, 4.69) is 12.1 Å². The number of nitrogens with zero attached hydrogens (tertiary/aromatic N) is 1. The maximum Gasteiger partial charge on any atom is 0.348 e. The van der Waals surface area contributed by atoms with E-state index >= 15 is 0 Å². The van der Waals surface area contributed by atoms with Crippen LogP contribution in [0.1, 0.15) is 38.2 Å². The van der Waals surface area contributed by atoms with E-state index in [4.69, 9.17) is 10.00 Å². The number of benzene rings is 1. The fraction of sp³-hybridized carbons (Fsp3) is 0.412. The van der Waals surface area contributed by atoms with Gasteiger partial charge in [0.15, 0.2) is 0 Å². The van der Waals surface area contributed by atoms with Crippen molar-refractivity contribution in [1.82, 2.24) is 0 Å². The number of esters is 1. The number of allylic oxidation sites excluding steroid dienone is 1. The molecule has 3 nitrogen and oxygen atoms in total. The molecule has 0 N–H and O–H groups in total. The predicted octanol–water partition coefficient (Wildman–Crippen LogP) is 3.58. The lowest BCUT2D eigenvalue weighted by atomic mass is 9.68. The molecule has 0 atom stereocenters. The van der Waals surface area contributed by atoms with E-state index in [0.29, 0.717) is 18.4 Å². The van der Waals surface area contributed by atoms with E-state index < -0.39 is 5.97 Å². The second-order valence-corrected chi connectivity index (χ2v) is 5.17. The first kappa shape index (κ1) is 14.3. The predicted molar refractivity (Wildman–Crippen MR) is 76.9 cm³/mol. The van der Waals surface area contributed by atoms with Crippen LogP contribution < -0.4 is 0 Å². The minimum Gasteiger partial charge on any atom is -0.462 e. The highest BCUT2D eigenvalue weighted by Crippen LogP contribution is 2.45. The van der Waals surface area contributed by atoms with Crippen LogP contribution in [0.15, 0.2) is 41.5 Å². The van der Waals surface area contributed by atoms with Crippen LogP contribution in [0.2, 0.25) is 0 Å². The molecular formula is C17H19NO2. The Bertz CT molecular complexity index is 548. The molecule has 3 heteroatoms. The molecule has 1 aromatic rings. The molecule has 104 valence electrons. The summed E-state index contributed by atoms with van der Waals surface area (Å²) in [6.07, 6.45) is 2.00. The molecule has 0 aliphatic heterocycles. The van der Waals surface area contributed by atoms with E-state index in [9.17, 15) is 4.79 Å². The lowest BCUT2D eigenvalue weighted by Crippen LogP contribution is -2.24. The zero-order valence-electron chi connectivity index (χ0n) is 11.9. The molecule has 0 heterocycles. The number of hydrogen-bond donors (Lipinski definition) is 0. The molecule has 1 aliphatic carbocycles. The normalized spacial score (nSPS) is 22.2. The van der Waals surface area contributed by atoms with Gasteiger partial charge in [-0.05, 0) is 49.7 Å². The summed E-state index contributed by atoms with van der Waals surface area (Å²) in [6.45, 7) is 3.92. The molecule has 1 aliphatic rings. The van der Waals surface area contributed by atoms with E-state index in [1.165, 1.54) is 5.56 Å². The largest absolute Gasteiger partial charge is 0.462 e. The zero-order chi connectivity index (χ0) is 14.5. The van der Waals surface area contributed by atoms with Crippen LogP contribution in [0.25, 0.3) is 0 Å². The number of rotatable bonds is 4. The molecule has 0 aromatic heterocycles. The molecule has 1 aromatic carbocycles. The maximum atomic E-state index is 11.7. The van der Waals surface area contributed by atoms with Gasteiger partial charge in [0.25, 0.3) is 0 Å². The standard InChI is InChI=1S/C17H19NO2/c1-3-20-17(19)16(11-18)12(2)14-9-15(10-14)13-7-5-4-6-8-13/h4-8,14-15H,3,9-10H2,1-2H3/b16-12-. The molecule has 20 heavy (non-hydrogen) atoms. The number of carbonyl (C=O) groups excluding carboxylic acids is 1. The monoisotopic (exact) mass is 269 g/mol. The maximum absolute atomic E-state index is 11.7. The van der Waals surface area contributed by atoms with Crippen LogP contribution >= 0.6 is 0 Å². The van der Waals surface area contributed by atoms with Crippen molar-refractivity contribution in [2.45, 2.75) is 32.6 Å². The highest BCUT2D eigenvalue weighted by Gasteiger charge is 2.33. The van der Waals surface area contributed by atoms with Gasteiger partial charge in [0, 0.05) is 0 Å². The van der Waals surface area contributed by atoms with Crippen LogP contribution in [0, 0.1) is 17.2 Å². The molecule has 0 amide bonds. The van der Waals surface area contributed by atoms with Crippen molar-refractivity contribution in [2.24, 2.45) is 5.92 Å². The third kappa shape index (κ3) is 2.91. The van der Waals surface area contributed by atoms with Gasteiger partial charge in [0.05, 0.1) is 6.61 Å². The van der Waals surface area contributed by atoms with Gasteiger partial charge in [0.2, 0.25) is 0 Å². The fourth-order valence-corrected chi connectivity index (χ4v) is 2.67. The van der Waals surface area contributed by atoms with Gasteiger partial charge in [-0.1, -0.05) is 30.3 Å². The smallest absolute Gasteiger partial charge is 0.348 e. The number of carbonyl (C=O) groups is 1. The van der Waals surface area contributed by atoms with E-state index in [-0.39, 0.29) is 5.57 Å². The summed E-state index contributed by atoms with van der Waals surface area (Å²) in [5, 5.41) is 9.14. The van der Waals surface area contributed by atoms with Crippen molar-refractivity contribution in [3.63, 3.8) is 0 Å². The lowest BCUT2D eigenvalue weighted by Gasteiger charge is -2.36. The first-order valence-electron chi connectivity index (χ1n) is 7.00. The van der Waals surface area contributed by atoms with Crippen LogP contribution in [0.3, 0.4) is 0 Å². The Morgan fingerprint density at radius 2 is 2.00 bits per heavy atom. The molecule has 0 bridgehead atoms. The first-order chi connectivity index (χ1) is 9.67. The third-order valence-electron chi connectivity index (χ3n) is 4.01. The minimum atomic E-state index is -0.490. The molecular weight excluding hydrogens is 250 g/mol. The summed E-state index contributed by atoms with van der Waals surface area (Å²) >= 11 is 0. The Morgan fingerprint density at radius 3 is 2.55 bits per heavy atom. The minimum absolute atomic E-state index is 0.184. The Balaban J connectivity index is 2.04. The summed E-state index contributed by atoms with van der Waals surface area (Å²) in [7, 11) is 0. The molecule has 2 rings (SSSR count). The van der Waals surface area contributed by atoms with Crippen molar-refractivity contribution in [1.29, 1.82) is 5.26 Å². The second kappa shape index (κ2) is 6.38. The summed E-state index contributed by atoms with van der Waals surface area (Å²) in [5.74, 6) is 0.369.